The van der Waals surface area contributed by atoms with Gasteiger partial charge in [-0.3, -0.25) is 0 Å². The van der Waals surface area contributed by atoms with Crippen LogP contribution in [0.5, 0.6) is 0 Å². The number of nitrogens with one attached hydrogen (secondary N) is 1. The van der Waals surface area contributed by atoms with Crippen LogP contribution in [0.3, 0.4) is 0 Å². The number of hydrogen-bond acceptors (Lipinski definition) is 3. The minimum atomic E-state index is -0.590. The highest BCUT2D eigenvalue weighted by atomic mass is 16.5. The highest BCUT2D eigenvalue weighted by Crippen LogP contribution is 2.34. The molecular formula is C12H25NO2. The standard InChI is InChI=1S/C12H25NO2/c1-5-11(4)8-12(14,6-7-15-11)9-13-10(2)3/h10,13-14H,5-9H2,1-4H3. The molecule has 90 valence electrons. The zero-order valence-electron chi connectivity index (χ0n) is 10.5. The monoisotopic (exact) mass is 215 g/mol. The van der Waals surface area contributed by atoms with Crippen molar-refractivity contribution in [3.8, 4) is 0 Å². The van der Waals surface area contributed by atoms with Gasteiger partial charge in [0.15, 0.2) is 0 Å². The molecule has 0 amide bonds. The van der Waals surface area contributed by atoms with Crippen molar-refractivity contribution >= 4 is 0 Å². The third-order valence-corrected chi connectivity index (χ3v) is 3.31. The fourth-order valence-electron chi connectivity index (χ4n) is 2.09. The molecule has 0 radical (unpaired) electrons. The Morgan fingerprint density at radius 2 is 2.13 bits per heavy atom. The van der Waals surface area contributed by atoms with Crippen LogP contribution >= 0.6 is 0 Å². The normalized spacial score (nSPS) is 37.2. The van der Waals surface area contributed by atoms with E-state index in [1.165, 1.54) is 0 Å². The lowest BCUT2D eigenvalue weighted by Crippen LogP contribution is -2.53. The van der Waals surface area contributed by atoms with Crippen LogP contribution in [0.15, 0.2) is 0 Å². The zero-order chi connectivity index (χ0) is 11.5. The molecule has 1 aliphatic rings. The third kappa shape index (κ3) is 3.74. The molecule has 0 aromatic heterocycles. The Labute approximate surface area is 93.2 Å². The van der Waals surface area contributed by atoms with E-state index < -0.39 is 5.60 Å². The van der Waals surface area contributed by atoms with Crippen LogP contribution in [-0.4, -0.2) is 35.5 Å². The molecule has 15 heavy (non-hydrogen) atoms. The van der Waals surface area contributed by atoms with Crippen LogP contribution in [0.25, 0.3) is 0 Å². The summed E-state index contributed by atoms with van der Waals surface area (Å²) in [6.45, 7) is 9.74. The second-order valence-electron chi connectivity index (χ2n) is 5.34. The SMILES string of the molecule is CCC1(C)CC(O)(CNC(C)C)CCO1. The maximum Gasteiger partial charge on any atom is 0.0820 e. The largest absolute Gasteiger partial charge is 0.388 e. The molecule has 0 saturated carbocycles. The van der Waals surface area contributed by atoms with Crippen LogP contribution < -0.4 is 5.32 Å². The van der Waals surface area contributed by atoms with Gasteiger partial charge in [-0.25, -0.2) is 0 Å². The van der Waals surface area contributed by atoms with Crippen LogP contribution in [-0.2, 0) is 4.74 Å². The molecule has 0 aromatic carbocycles. The predicted molar refractivity (Wildman–Crippen MR) is 62.0 cm³/mol. The summed E-state index contributed by atoms with van der Waals surface area (Å²) < 4.78 is 5.73. The van der Waals surface area contributed by atoms with Gasteiger partial charge in [0.2, 0.25) is 0 Å². The minimum absolute atomic E-state index is 0.147. The van der Waals surface area contributed by atoms with Crippen LogP contribution in [0.1, 0.15) is 47.0 Å². The lowest BCUT2D eigenvalue weighted by atomic mass is 9.81. The quantitative estimate of drug-likeness (QED) is 0.750. The van der Waals surface area contributed by atoms with Crippen molar-refractivity contribution in [2.45, 2.75) is 64.2 Å². The fourth-order valence-corrected chi connectivity index (χ4v) is 2.09. The second kappa shape index (κ2) is 4.81. The van der Waals surface area contributed by atoms with E-state index in [9.17, 15) is 5.11 Å². The van der Waals surface area contributed by atoms with Crippen molar-refractivity contribution in [1.82, 2.24) is 5.32 Å². The summed E-state index contributed by atoms with van der Waals surface area (Å²) in [5.74, 6) is 0. The first-order valence-electron chi connectivity index (χ1n) is 5.99. The molecule has 3 heteroatoms. The lowest BCUT2D eigenvalue weighted by molar-refractivity contribution is -0.152. The van der Waals surface area contributed by atoms with Gasteiger partial charge in [-0.05, 0) is 13.3 Å². The van der Waals surface area contributed by atoms with E-state index in [4.69, 9.17) is 4.74 Å². The molecule has 1 saturated heterocycles. The maximum atomic E-state index is 10.4. The number of hydrogen-bond donors (Lipinski definition) is 2. The summed E-state index contributed by atoms with van der Waals surface area (Å²) in [5.41, 5.74) is -0.737. The average Bonchev–Trinajstić information content (AvgIpc) is 2.15. The summed E-state index contributed by atoms with van der Waals surface area (Å²) in [6, 6.07) is 0.421. The van der Waals surface area contributed by atoms with Gasteiger partial charge >= 0.3 is 0 Å². The molecule has 3 nitrogen and oxygen atoms in total. The molecule has 0 aliphatic carbocycles. The molecule has 1 heterocycles. The van der Waals surface area contributed by atoms with E-state index >= 15 is 0 Å². The van der Waals surface area contributed by atoms with Gasteiger partial charge in [-0.15, -0.1) is 0 Å². The predicted octanol–water partition coefficient (Wildman–Crippen LogP) is 1.69. The Morgan fingerprint density at radius 3 is 2.67 bits per heavy atom. The lowest BCUT2D eigenvalue weighted by Gasteiger charge is -2.43. The molecule has 2 unspecified atom stereocenters. The van der Waals surface area contributed by atoms with Crippen LogP contribution in [0, 0.1) is 0 Å². The maximum absolute atomic E-state index is 10.4. The summed E-state index contributed by atoms with van der Waals surface area (Å²) in [4.78, 5) is 0. The van der Waals surface area contributed by atoms with Gasteiger partial charge in [0.05, 0.1) is 17.8 Å². The summed E-state index contributed by atoms with van der Waals surface area (Å²) in [6.07, 6.45) is 2.43. The van der Waals surface area contributed by atoms with E-state index in [0.717, 1.165) is 19.3 Å². The first kappa shape index (κ1) is 12.9. The Bertz CT molecular complexity index is 208. The van der Waals surface area contributed by atoms with Crippen LogP contribution in [0.2, 0.25) is 0 Å². The van der Waals surface area contributed by atoms with E-state index in [0.29, 0.717) is 19.2 Å². The van der Waals surface area contributed by atoms with Crippen LogP contribution in [0.4, 0.5) is 0 Å². The first-order valence-corrected chi connectivity index (χ1v) is 5.99. The summed E-state index contributed by atoms with van der Waals surface area (Å²) in [7, 11) is 0. The second-order valence-corrected chi connectivity index (χ2v) is 5.34. The molecular weight excluding hydrogens is 190 g/mol. The average molecular weight is 215 g/mol. The molecule has 1 fully saturated rings. The molecule has 1 rings (SSSR count). The Morgan fingerprint density at radius 1 is 1.47 bits per heavy atom. The van der Waals surface area contributed by atoms with Gasteiger partial charge in [0.1, 0.15) is 0 Å². The van der Waals surface area contributed by atoms with E-state index in [1.807, 2.05) is 0 Å². The van der Waals surface area contributed by atoms with Gasteiger partial charge in [0, 0.05) is 25.4 Å². The number of rotatable bonds is 4. The van der Waals surface area contributed by atoms with Gasteiger partial charge < -0.3 is 15.2 Å². The van der Waals surface area contributed by atoms with E-state index in [1.54, 1.807) is 0 Å². The Kier molecular flexibility index (Phi) is 4.15. The van der Waals surface area contributed by atoms with E-state index in [2.05, 4.69) is 33.0 Å². The van der Waals surface area contributed by atoms with Gasteiger partial charge in [-0.2, -0.15) is 0 Å². The topological polar surface area (TPSA) is 41.5 Å². The van der Waals surface area contributed by atoms with Crippen molar-refractivity contribution in [3.05, 3.63) is 0 Å². The fraction of sp³-hybridized carbons (Fsp3) is 1.00. The zero-order valence-corrected chi connectivity index (χ0v) is 10.5. The third-order valence-electron chi connectivity index (χ3n) is 3.31. The van der Waals surface area contributed by atoms with Crippen molar-refractivity contribution in [2.75, 3.05) is 13.2 Å². The van der Waals surface area contributed by atoms with E-state index in [-0.39, 0.29) is 5.60 Å². The summed E-state index contributed by atoms with van der Waals surface area (Å²) in [5, 5.41) is 13.8. The summed E-state index contributed by atoms with van der Waals surface area (Å²) >= 11 is 0. The smallest absolute Gasteiger partial charge is 0.0820 e. The van der Waals surface area contributed by atoms with Gasteiger partial charge in [0.25, 0.3) is 0 Å². The molecule has 0 spiro atoms. The minimum Gasteiger partial charge on any atom is -0.388 e. The molecule has 1 aliphatic heterocycles. The highest BCUT2D eigenvalue weighted by molar-refractivity contribution is 4.93. The Balaban J connectivity index is 2.52. The highest BCUT2D eigenvalue weighted by Gasteiger charge is 2.40. The van der Waals surface area contributed by atoms with Crippen molar-refractivity contribution in [1.29, 1.82) is 0 Å². The number of ether oxygens (including phenoxy) is 1. The van der Waals surface area contributed by atoms with Crippen molar-refractivity contribution in [3.63, 3.8) is 0 Å². The van der Waals surface area contributed by atoms with Gasteiger partial charge in [-0.1, -0.05) is 20.8 Å². The molecule has 0 aromatic rings. The molecule has 2 N–H and O–H groups in total. The van der Waals surface area contributed by atoms with Crippen molar-refractivity contribution in [2.24, 2.45) is 0 Å². The first-order chi connectivity index (χ1) is 6.89. The Hall–Kier alpha value is -0.120. The molecule has 0 bridgehead atoms. The molecule has 2 atom stereocenters. The number of aliphatic hydroxyl groups is 1. The van der Waals surface area contributed by atoms with Crippen molar-refractivity contribution < 1.29 is 9.84 Å².